The molecule has 0 aromatic heterocycles. The summed E-state index contributed by atoms with van der Waals surface area (Å²) in [4.78, 5) is 14.7. The van der Waals surface area contributed by atoms with E-state index in [9.17, 15) is 18.0 Å². The zero-order valence-corrected chi connectivity index (χ0v) is 27.8. The molecule has 44 heavy (non-hydrogen) atoms. The zero-order valence-electron chi connectivity index (χ0n) is 27.8. The van der Waals surface area contributed by atoms with Crippen LogP contribution in [0.4, 0.5) is 18.9 Å². The molecule has 0 bridgehead atoms. The second-order valence-electron chi connectivity index (χ2n) is 9.91. The van der Waals surface area contributed by atoms with Crippen LogP contribution in [-0.2, 0) is 12.7 Å². The van der Waals surface area contributed by atoms with Gasteiger partial charge in [0.15, 0.2) is 0 Å². The molecule has 2 aromatic carbocycles. The summed E-state index contributed by atoms with van der Waals surface area (Å²) in [5.74, 6) is 5.98. The molecule has 6 nitrogen and oxygen atoms in total. The van der Waals surface area contributed by atoms with Crippen molar-refractivity contribution in [2.45, 2.75) is 54.3 Å². The van der Waals surface area contributed by atoms with Gasteiger partial charge in [0.2, 0.25) is 0 Å². The molecule has 0 unspecified atom stereocenters. The van der Waals surface area contributed by atoms with E-state index in [0.717, 1.165) is 42.3 Å². The summed E-state index contributed by atoms with van der Waals surface area (Å²) in [6, 6.07) is 9.81. The fraction of sp³-hybridized carbons (Fsp3) is 0.400. The number of allylic oxidation sites excluding steroid dienone is 4. The Kier molecular flexibility index (Phi) is 19.7. The van der Waals surface area contributed by atoms with Crippen LogP contribution >= 0.6 is 0 Å². The molecule has 0 fully saturated rings. The molecule has 0 atom stereocenters. The molecule has 0 saturated carbocycles. The number of nitrogens with one attached hydrogen (secondary N) is 1. The van der Waals surface area contributed by atoms with Crippen LogP contribution in [0.25, 0.3) is 0 Å². The third-order valence-corrected chi connectivity index (χ3v) is 5.85. The highest BCUT2D eigenvalue weighted by Gasteiger charge is 2.33. The highest BCUT2D eigenvalue weighted by molar-refractivity contribution is 6.00. The largest absolute Gasteiger partial charge is 0.416 e. The molecule has 0 aliphatic carbocycles. The molecule has 2 rings (SSSR count). The van der Waals surface area contributed by atoms with Crippen molar-refractivity contribution in [1.82, 2.24) is 9.80 Å². The van der Waals surface area contributed by atoms with Gasteiger partial charge >= 0.3 is 6.18 Å². The van der Waals surface area contributed by atoms with E-state index in [2.05, 4.69) is 27.4 Å². The summed E-state index contributed by atoms with van der Waals surface area (Å²) in [6.07, 6.45) is 4.14. The van der Waals surface area contributed by atoms with Crippen LogP contribution < -0.4 is 5.32 Å². The van der Waals surface area contributed by atoms with E-state index in [1.165, 1.54) is 0 Å². The standard InChI is InChI=1S/C19H20N2O.C14H22F3N3.C2H6/c1-5-6-7-8-16(3)20-21-17(4)10-12-19-13-18(14-22)11-9-15(19)2;1-18-12-6-5-11(13(9-12)14(15,16)17)10-20(4)8-7-19(2)3;1-2/h5-9,11,13-14H,1-4H3;5-6,9,18H,7-8,10H2,1-4H3;1-2H3/b6-5-,8-7-,20-16+,21-17+;;. The van der Waals surface area contributed by atoms with Crippen molar-refractivity contribution >= 4 is 23.4 Å². The topological polar surface area (TPSA) is 60.3 Å². The Labute approximate surface area is 262 Å². The van der Waals surface area contributed by atoms with E-state index in [1.807, 2.05) is 95.9 Å². The Morgan fingerprint density at radius 2 is 1.68 bits per heavy atom. The Hall–Kier alpha value is -4.00. The Balaban J connectivity index is 0.000000799. The van der Waals surface area contributed by atoms with Crippen LogP contribution in [0, 0.1) is 18.8 Å². The van der Waals surface area contributed by atoms with Gasteiger partial charge in [-0.05, 0) is 90.2 Å². The minimum Gasteiger partial charge on any atom is -0.388 e. The number of anilines is 1. The van der Waals surface area contributed by atoms with Gasteiger partial charge in [-0.15, -0.1) is 5.10 Å². The average Bonchev–Trinajstić information content (AvgIpc) is 2.99. The second kappa shape index (κ2) is 21.7. The molecule has 0 amide bonds. The fourth-order valence-corrected chi connectivity index (χ4v) is 3.40. The highest BCUT2D eigenvalue weighted by Crippen LogP contribution is 2.34. The lowest BCUT2D eigenvalue weighted by atomic mass is 10.1. The molecular formula is C35H48F3N5O. The number of benzene rings is 2. The van der Waals surface area contributed by atoms with Crippen LogP contribution in [0.3, 0.4) is 0 Å². The molecule has 240 valence electrons. The quantitative estimate of drug-likeness (QED) is 0.0976. The predicted molar refractivity (Wildman–Crippen MR) is 181 cm³/mol. The lowest BCUT2D eigenvalue weighted by molar-refractivity contribution is -0.138. The number of aryl methyl sites for hydroxylation is 1. The van der Waals surface area contributed by atoms with E-state index < -0.39 is 11.7 Å². The van der Waals surface area contributed by atoms with E-state index >= 15 is 0 Å². The number of carbonyl (C=O) groups excluding carboxylic acids is 1. The molecule has 0 radical (unpaired) electrons. The van der Waals surface area contributed by atoms with Crippen molar-refractivity contribution in [3.8, 4) is 11.8 Å². The van der Waals surface area contributed by atoms with Crippen molar-refractivity contribution in [2.75, 3.05) is 46.6 Å². The number of carbonyl (C=O) groups is 1. The van der Waals surface area contributed by atoms with Crippen LogP contribution in [-0.4, -0.2) is 68.8 Å². The number of nitrogens with zero attached hydrogens (tertiary/aromatic N) is 4. The van der Waals surface area contributed by atoms with Crippen molar-refractivity contribution in [3.05, 3.63) is 88.5 Å². The monoisotopic (exact) mass is 611 g/mol. The first-order chi connectivity index (χ1) is 20.8. The maximum absolute atomic E-state index is 13.1. The van der Waals surface area contributed by atoms with Gasteiger partial charge in [-0.25, -0.2) is 0 Å². The first kappa shape index (κ1) is 40.0. The Morgan fingerprint density at radius 1 is 1.00 bits per heavy atom. The molecule has 0 spiro atoms. The van der Waals surface area contributed by atoms with Gasteiger partial charge in [-0.2, -0.15) is 18.3 Å². The Morgan fingerprint density at radius 3 is 2.25 bits per heavy atom. The number of hydrogen-bond donors (Lipinski definition) is 1. The van der Waals surface area contributed by atoms with Crippen molar-refractivity contribution in [3.63, 3.8) is 0 Å². The summed E-state index contributed by atoms with van der Waals surface area (Å²) in [7, 11) is 7.32. The Bertz CT molecular complexity index is 1350. The van der Waals surface area contributed by atoms with E-state index in [-0.39, 0.29) is 6.54 Å². The van der Waals surface area contributed by atoms with Crippen molar-refractivity contribution < 1.29 is 18.0 Å². The maximum Gasteiger partial charge on any atom is 0.416 e. The van der Waals surface area contributed by atoms with E-state index in [1.54, 1.807) is 38.2 Å². The van der Waals surface area contributed by atoms with E-state index in [0.29, 0.717) is 22.5 Å². The number of halogens is 3. The summed E-state index contributed by atoms with van der Waals surface area (Å²) < 4.78 is 39.2. The van der Waals surface area contributed by atoms with Crippen LogP contribution in [0.5, 0.6) is 0 Å². The number of likely N-dealkylation sites (N-methyl/N-ethyl adjacent to an activating group) is 2. The van der Waals surface area contributed by atoms with Crippen LogP contribution in [0.2, 0.25) is 0 Å². The molecule has 0 saturated heterocycles. The molecule has 9 heteroatoms. The normalized spacial score (nSPS) is 12.0. The van der Waals surface area contributed by atoms with Crippen molar-refractivity contribution in [2.24, 2.45) is 10.2 Å². The molecule has 0 aliphatic heterocycles. The number of alkyl halides is 3. The molecule has 0 aliphatic rings. The minimum atomic E-state index is -4.33. The second-order valence-corrected chi connectivity index (χ2v) is 9.91. The smallest absolute Gasteiger partial charge is 0.388 e. The molecule has 2 aromatic rings. The van der Waals surface area contributed by atoms with Gasteiger partial charge in [0.1, 0.15) is 12.0 Å². The van der Waals surface area contributed by atoms with Gasteiger partial charge in [0, 0.05) is 43.5 Å². The number of rotatable bonds is 10. The van der Waals surface area contributed by atoms with Crippen LogP contribution in [0.1, 0.15) is 67.2 Å². The lowest BCUT2D eigenvalue weighted by Gasteiger charge is -2.22. The molecular weight excluding hydrogens is 563 g/mol. The third kappa shape index (κ3) is 16.6. The fourth-order valence-electron chi connectivity index (χ4n) is 3.40. The summed E-state index contributed by atoms with van der Waals surface area (Å²) in [5.41, 5.74) is 4.10. The van der Waals surface area contributed by atoms with E-state index in [4.69, 9.17) is 0 Å². The average molecular weight is 612 g/mol. The summed E-state index contributed by atoms with van der Waals surface area (Å²) in [5, 5.41) is 10.9. The van der Waals surface area contributed by atoms with Gasteiger partial charge in [0.05, 0.1) is 11.3 Å². The lowest BCUT2D eigenvalue weighted by Crippen LogP contribution is -2.29. The third-order valence-electron chi connectivity index (χ3n) is 5.85. The molecule has 1 N–H and O–H groups in total. The van der Waals surface area contributed by atoms with Crippen molar-refractivity contribution in [1.29, 1.82) is 0 Å². The molecule has 0 heterocycles. The van der Waals surface area contributed by atoms with Gasteiger partial charge in [-0.1, -0.05) is 56.2 Å². The first-order valence-electron chi connectivity index (χ1n) is 14.5. The zero-order chi connectivity index (χ0) is 33.7. The highest BCUT2D eigenvalue weighted by atomic mass is 19.4. The van der Waals surface area contributed by atoms with Crippen LogP contribution in [0.15, 0.2) is 70.9 Å². The predicted octanol–water partition coefficient (Wildman–Crippen LogP) is 7.89. The summed E-state index contributed by atoms with van der Waals surface area (Å²) >= 11 is 0. The minimum absolute atomic E-state index is 0.284. The van der Waals surface area contributed by atoms with Gasteiger partial charge in [0.25, 0.3) is 0 Å². The number of aldehydes is 1. The number of hydrogen-bond acceptors (Lipinski definition) is 6. The summed E-state index contributed by atoms with van der Waals surface area (Å²) in [6.45, 7) is 13.4. The maximum atomic E-state index is 13.1. The SMILES string of the molecule is CC.CNc1ccc(CN(C)CCN(C)C)c(C(F)(F)F)c1.C\C=C/C=C\C(C)=N\N=C(/C)C#Cc1cc(C=O)ccc1C. The first-order valence-corrected chi connectivity index (χ1v) is 14.5. The van der Waals surface area contributed by atoms with Gasteiger partial charge in [-0.3, -0.25) is 4.79 Å². The van der Waals surface area contributed by atoms with Gasteiger partial charge < -0.3 is 15.1 Å².